The van der Waals surface area contributed by atoms with Crippen molar-refractivity contribution < 1.29 is 24.5 Å². The van der Waals surface area contributed by atoms with Gasteiger partial charge in [0, 0.05) is 6.92 Å². The van der Waals surface area contributed by atoms with Crippen LogP contribution in [0.2, 0.25) is 0 Å². The lowest BCUT2D eigenvalue weighted by atomic mass is 10.1. The van der Waals surface area contributed by atoms with Crippen LogP contribution in [0.5, 0.6) is 0 Å². The summed E-state index contributed by atoms with van der Waals surface area (Å²) >= 11 is 0. The Labute approximate surface area is 102 Å². The third-order valence-electron chi connectivity index (χ3n) is 2.16. The van der Waals surface area contributed by atoms with E-state index in [2.05, 4.69) is 0 Å². The second kappa shape index (κ2) is 8.22. The van der Waals surface area contributed by atoms with Crippen molar-refractivity contribution in [2.45, 2.75) is 52.6 Å². The summed E-state index contributed by atoms with van der Waals surface area (Å²) < 4.78 is 11.1. The van der Waals surface area contributed by atoms with Gasteiger partial charge in [0.05, 0.1) is 18.8 Å². The van der Waals surface area contributed by atoms with Crippen molar-refractivity contribution in [1.29, 1.82) is 0 Å². The third kappa shape index (κ3) is 7.90. The van der Waals surface area contributed by atoms with E-state index in [4.69, 9.17) is 24.5 Å². The molecule has 2 atom stereocenters. The smallest absolute Gasteiger partial charge is 0.300 e. The molecule has 1 aliphatic rings. The van der Waals surface area contributed by atoms with Crippen molar-refractivity contribution in [3.8, 4) is 0 Å². The third-order valence-corrected chi connectivity index (χ3v) is 2.16. The van der Waals surface area contributed by atoms with E-state index in [0.717, 1.165) is 18.9 Å². The number of carboxylic acids is 1. The minimum absolute atomic E-state index is 0.0395. The molecule has 1 rings (SSSR count). The normalized spacial score (nSPS) is 29.2. The average molecular weight is 246 g/mol. The number of carbonyl (C=O) groups is 1. The summed E-state index contributed by atoms with van der Waals surface area (Å²) in [5.74, 6) is -0.833. The van der Waals surface area contributed by atoms with Crippen LogP contribution in [-0.2, 0) is 14.3 Å². The van der Waals surface area contributed by atoms with E-state index in [-0.39, 0.29) is 25.1 Å². The van der Waals surface area contributed by atoms with E-state index in [1.54, 1.807) is 6.08 Å². The molecule has 0 aromatic carbocycles. The maximum Gasteiger partial charge on any atom is 0.300 e. The fourth-order valence-electron chi connectivity index (χ4n) is 1.49. The zero-order valence-corrected chi connectivity index (χ0v) is 10.8. The molecule has 0 saturated carbocycles. The number of rotatable bonds is 2. The first-order chi connectivity index (χ1) is 7.86. The molecule has 0 bridgehead atoms. The summed E-state index contributed by atoms with van der Waals surface area (Å²) in [5, 5.41) is 16.1. The minimum Gasteiger partial charge on any atom is -0.481 e. The fourth-order valence-corrected chi connectivity index (χ4v) is 1.49. The molecular weight excluding hydrogens is 224 g/mol. The average Bonchev–Trinajstić information content (AvgIpc) is 2.15. The van der Waals surface area contributed by atoms with Crippen LogP contribution in [0.1, 0.15) is 34.1 Å². The summed E-state index contributed by atoms with van der Waals surface area (Å²) in [6.45, 7) is 7.11. The van der Waals surface area contributed by atoms with Crippen LogP contribution in [0.25, 0.3) is 0 Å². The van der Waals surface area contributed by atoms with E-state index in [9.17, 15) is 0 Å². The van der Waals surface area contributed by atoms with Gasteiger partial charge in [-0.2, -0.15) is 0 Å². The Bertz CT molecular complexity index is 248. The van der Waals surface area contributed by atoms with Gasteiger partial charge in [-0.1, -0.05) is 6.08 Å². The summed E-state index contributed by atoms with van der Waals surface area (Å²) in [7, 11) is 0. The quantitative estimate of drug-likeness (QED) is 0.723. The molecule has 17 heavy (non-hydrogen) atoms. The SMILES string of the molecule is CC(=CCO)C1OC(C)CC(C)O1.CC(=O)O. The highest BCUT2D eigenvalue weighted by molar-refractivity contribution is 5.62. The van der Waals surface area contributed by atoms with Crippen LogP contribution in [-0.4, -0.2) is 41.3 Å². The van der Waals surface area contributed by atoms with Crippen LogP contribution >= 0.6 is 0 Å². The number of hydrogen-bond acceptors (Lipinski definition) is 4. The molecule has 100 valence electrons. The molecule has 2 unspecified atom stereocenters. The summed E-state index contributed by atoms with van der Waals surface area (Å²) in [5.41, 5.74) is 0.945. The Morgan fingerprint density at radius 3 is 2.06 bits per heavy atom. The minimum atomic E-state index is -0.833. The molecule has 5 heteroatoms. The first-order valence-electron chi connectivity index (χ1n) is 5.64. The second-order valence-electron chi connectivity index (χ2n) is 4.11. The summed E-state index contributed by atoms with van der Waals surface area (Å²) in [6, 6.07) is 0. The lowest BCUT2D eigenvalue weighted by molar-refractivity contribution is -0.215. The van der Waals surface area contributed by atoms with Crippen molar-refractivity contribution >= 4 is 5.97 Å². The van der Waals surface area contributed by atoms with Crippen molar-refractivity contribution in [3.63, 3.8) is 0 Å². The van der Waals surface area contributed by atoms with E-state index in [1.165, 1.54) is 0 Å². The number of aliphatic hydroxyl groups excluding tert-OH is 1. The van der Waals surface area contributed by atoms with Gasteiger partial charge in [-0.3, -0.25) is 4.79 Å². The van der Waals surface area contributed by atoms with Gasteiger partial charge < -0.3 is 19.7 Å². The van der Waals surface area contributed by atoms with Crippen LogP contribution in [0.3, 0.4) is 0 Å². The Kier molecular flexibility index (Phi) is 7.78. The highest BCUT2D eigenvalue weighted by atomic mass is 16.7. The molecule has 1 saturated heterocycles. The molecule has 1 aliphatic heterocycles. The first kappa shape index (κ1) is 16.1. The van der Waals surface area contributed by atoms with Gasteiger partial charge in [-0.05, 0) is 32.8 Å². The molecule has 1 fully saturated rings. The molecule has 0 radical (unpaired) electrons. The maximum atomic E-state index is 9.00. The molecular formula is C12H22O5. The zero-order chi connectivity index (χ0) is 13.4. The molecule has 1 heterocycles. The maximum absolute atomic E-state index is 9.00. The predicted molar refractivity (Wildman–Crippen MR) is 63.7 cm³/mol. The van der Waals surface area contributed by atoms with Crippen LogP contribution in [0, 0.1) is 0 Å². The lowest BCUT2D eigenvalue weighted by Gasteiger charge is -2.33. The number of hydrogen-bond donors (Lipinski definition) is 2. The van der Waals surface area contributed by atoms with Gasteiger partial charge in [0.2, 0.25) is 0 Å². The van der Waals surface area contributed by atoms with Gasteiger partial charge in [-0.25, -0.2) is 0 Å². The fraction of sp³-hybridized carbons (Fsp3) is 0.750. The Morgan fingerprint density at radius 2 is 1.71 bits per heavy atom. The number of aliphatic hydroxyl groups is 1. The molecule has 0 aromatic heterocycles. The Balaban J connectivity index is 0.000000557. The van der Waals surface area contributed by atoms with Crippen molar-refractivity contribution in [3.05, 3.63) is 11.6 Å². The van der Waals surface area contributed by atoms with E-state index in [0.29, 0.717) is 0 Å². The summed E-state index contributed by atoms with van der Waals surface area (Å²) in [6.07, 6.45) is 2.84. The number of aliphatic carboxylic acids is 1. The predicted octanol–water partition coefficient (Wildman–Crippen LogP) is 1.56. The van der Waals surface area contributed by atoms with Crippen molar-refractivity contribution in [1.82, 2.24) is 0 Å². The van der Waals surface area contributed by atoms with Crippen molar-refractivity contribution in [2.75, 3.05) is 6.61 Å². The van der Waals surface area contributed by atoms with Crippen LogP contribution in [0.4, 0.5) is 0 Å². The van der Waals surface area contributed by atoms with Gasteiger partial charge in [0.1, 0.15) is 0 Å². The molecule has 0 amide bonds. The number of ether oxygens (including phenoxy) is 2. The second-order valence-corrected chi connectivity index (χ2v) is 4.11. The van der Waals surface area contributed by atoms with E-state index < -0.39 is 5.97 Å². The molecule has 5 nitrogen and oxygen atoms in total. The van der Waals surface area contributed by atoms with E-state index >= 15 is 0 Å². The lowest BCUT2D eigenvalue weighted by Crippen LogP contribution is -2.36. The highest BCUT2D eigenvalue weighted by Crippen LogP contribution is 2.22. The van der Waals surface area contributed by atoms with Gasteiger partial charge in [0.15, 0.2) is 6.29 Å². The molecule has 0 spiro atoms. The van der Waals surface area contributed by atoms with Crippen LogP contribution < -0.4 is 0 Å². The molecule has 0 aliphatic carbocycles. The van der Waals surface area contributed by atoms with Gasteiger partial charge in [-0.15, -0.1) is 0 Å². The largest absolute Gasteiger partial charge is 0.481 e. The highest BCUT2D eigenvalue weighted by Gasteiger charge is 2.25. The Morgan fingerprint density at radius 1 is 1.29 bits per heavy atom. The zero-order valence-electron chi connectivity index (χ0n) is 10.8. The monoisotopic (exact) mass is 246 g/mol. The molecule has 0 aromatic rings. The topological polar surface area (TPSA) is 76.0 Å². The van der Waals surface area contributed by atoms with Gasteiger partial charge >= 0.3 is 0 Å². The van der Waals surface area contributed by atoms with Crippen LogP contribution in [0.15, 0.2) is 11.6 Å². The van der Waals surface area contributed by atoms with Gasteiger partial charge in [0.25, 0.3) is 5.97 Å². The number of carboxylic acid groups (broad SMARTS) is 1. The molecule has 2 N–H and O–H groups in total. The first-order valence-corrected chi connectivity index (χ1v) is 5.64. The van der Waals surface area contributed by atoms with E-state index in [1.807, 2.05) is 20.8 Å². The summed E-state index contributed by atoms with van der Waals surface area (Å²) in [4.78, 5) is 9.00. The standard InChI is InChI=1S/C10H18O3.C2H4O2/c1-7(4-5-11)10-12-8(2)6-9(3)13-10;1-2(3)4/h4,8-11H,5-6H2,1-3H3;1H3,(H,3,4). The Hall–Kier alpha value is -0.910. The van der Waals surface area contributed by atoms with Crippen molar-refractivity contribution in [2.24, 2.45) is 0 Å².